The van der Waals surface area contributed by atoms with Crippen LogP contribution < -0.4 is 10.1 Å². The number of ether oxygens (including phenoxy) is 1. The van der Waals surface area contributed by atoms with Crippen molar-refractivity contribution in [3.63, 3.8) is 0 Å². The van der Waals surface area contributed by atoms with Gasteiger partial charge in [-0.15, -0.1) is 0 Å². The molecule has 0 aliphatic rings. The van der Waals surface area contributed by atoms with E-state index in [9.17, 15) is 4.39 Å². The monoisotopic (exact) mass is 351 g/mol. The second-order valence-electron chi connectivity index (χ2n) is 5.05. The number of hydrogen-bond donors (Lipinski definition) is 1. The third kappa shape index (κ3) is 4.05. The zero-order valence-electron chi connectivity index (χ0n) is 12.4. The first kappa shape index (κ1) is 16.0. The van der Waals surface area contributed by atoms with Gasteiger partial charge in [0.1, 0.15) is 11.6 Å². The number of methoxy groups -OCH3 is 1. The second kappa shape index (κ2) is 7.05. The van der Waals surface area contributed by atoms with Crippen LogP contribution in [0.2, 0.25) is 0 Å². The maximum Gasteiger partial charge on any atom is 0.131 e. The van der Waals surface area contributed by atoms with Crippen molar-refractivity contribution in [3.05, 3.63) is 63.9 Å². The van der Waals surface area contributed by atoms with E-state index >= 15 is 0 Å². The normalized spacial score (nSPS) is 13.8. The Morgan fingerprint density at radius 2 is 1.71 bits per heavy atom. The summed E-state index contributed by atoms with van der Waals surface area (Å²) in [6.45, 7) is 4.03. The summed E-state index contributed by atoms with van der Waals surface area (Å²) in [5.41, 5.74) is 1.80. The van der Waals surface area contributed by atoms with Gasteiger partial charge in [-0.1, -0.05) is 34.1 Å². The molecule has 0 radical (unpaired) electrons. The molecule has 2 aromatic carbocycles. The SMILES string of the molecule is COc1ccc(C(C)N[C@H](C)c2ccc(Br)cc2)c(F)c1. The van der Waals surface area contributed by atoms with E-state index in [-0.39, 0.29) is 17.9 Å². The average molecular weight is 352 g/mol. The smallest absolute Gasteiger partial charge is 0.131 e. The molecule has 0 fully saturated rings. The number of hydrogen-bond acceptors (Lipinski definition) is 2. The van der Waals surface area contributed by atoms with Crippen molar-refractivity contribution in [2.45, 2.75) is 25.9 Å². The minimum absolute atomic E-state index is 0.0884. The minimum Gasteiger partial charge on any atom is -0.497 e. The summed E-state index contributed by atoms with van der Waals surface area (Å²) in [5, 5.41) is 3.41. The van der Waals surface area contributed by atoms with Gasteiger partial charge >= 0.3 is 0 Å². The summed E-state index contributed by atoms with van der Waals surface area (Å²) in [5.74, 6) is 0.279. The van der Waals surface area contributed by atoms with Crippen LogP contribution in [0.5, 0.6) is 5.75 Å². The highest BCUT2D eigenvalue weighted by Gasteiger charge is 2.15. The molecular weight excluding hydrogens is 333 g/mol. The van der Waals surface area contributed by atoms with E-state index in [1.807, 2.05) is 19.1 Å². The largest absolute Gasteiger partial charge is 0.497 e. The van der Waals surface area contributed by atoms with Crippen molar-refractivity contribution < 1.29 is 9.13 Å². The Hall–Kier alpha value is -1.39. The summed E-state index contributed by atoms with van der Waals surface area (Å²) in [7, 11) is 1.53. The highest BCUT2D eigenvalue weighted by molar-refractivity contribution is 9.10. The summed E-state index contributed by atoms with van der Waals surface area (Å²) in [4.78, 5) is 0. The average Bonchev–Trinajstić information content (AvgIpc) is 2.47. The van der Waals surface area contributed by atoms with Gasteiger partial charge in [0, 0.05) is 28.2 Å². The van der Waals surface area contributed by atoms with Gasteiger partial charge < -0.3 is 10.1 Å². The Balaban J connectivity index is 2.10. The lowest BCUT2D eigenvalue weighted by Crippen LogP contribution is -2.23. The summed E-state index contributed by atoms with van der Waals surface area (Å²) in [6.07, 6.45) is 0. The first-order valence-corrected chi connectivity index (χ1v) is 7.65. The van der Waals surface area contributed by atoms with Crippen molar-refractivity contribution in [2.24, 2.45) is 0 Å². The summed E-state index contributed by atoms with van der Waals surface area (Å²) < 4.78 is 20.1. The van der Waals surface area contributed by atoms with Gasteiger partial charge in [0.15, 0.2) is 0 Å². The number of nitrogens with one attached hydrogen (secondary N) is 1. The van der Waals surface area contributed by atoms with Crippen LogP contribution in [0.1, 0.15) is 37.1 Å². The lowest BCUT2D eigenvalue weighted by atomic mass is 10.0. The van der Waals surface area contributed by atoms with Crippen LogP contribution in [0.15, 0.2) is 46.9 Å². The van der Waals surface area contributed by atoms with Crippen molar-refractivity contribution in [1.29, 1.82) is 0 Å². The lowest BCUT2D eigenvalue weighted by molar-refractivity contribution is 0.408. The molecule has 0 aromatic heterocycles. The molecule has 0 heterocycles. The molecule has 4 heteroatoms. The molecule has 0 saturated heterocycles. The Morgan fingerprint density at radius 3 is 2.29 bits per heavy atom. The fourth-order valence-electron chi connectivity index (χ4n) is 2.30. The van der Waals surface area contributed by atoms with Gasteiger partial charge in [-0.2, -0.15) is 0 Å². The van der Waals surface area contributed by atoms with Crippen LogP contribution in [0.4, 0.5) is 4.39 Å². The third-order valence-electron chi connectivity index (χ3n) is 3.54. The molecule has 0 aliphatic carbocycles. The molecule has 0 spiro atoms. The molecule has 1 unspecified atom stereocenters. The van der Waals surface area contributed by atoms with Crippen molar-refractivity contribution in [3.8, 4) is 5.75 Å². The molecule has 0 aliphatic heterocycles. The molecule has 112 valence electrons. The van der Waals surface area contributed by atoms with Crippen molar-refractivity contribution >= 4 is 15.9 Å². The second-order valence-corrected chi connectivity index (χ2v) is 5.96. The van der Waals surface area contributed by atoms with Crippen LogP contribution in [-0.4, -0.2) is 7.11 Å². The molecule has 21 heavy (non-hydrogen) atoms. The number of benzene rings is 2. The predicted molar refractivity (Wildman–Crippen MR) is 87.1 cm³/mol. The van der Waals surface area contributed by atoms with Gasteiger partial charge in [0.25, 0.3) is 0 Å². The molecule has 2 aromatic rings. The predicted octanol–water partition coefficient (Wildman–Crippen LogP) is 5.01. The molecular formula is C17H19BrFNO. The van der Waals surface area contributed by atoms with Crippen molar-refractivity contribution in [2.75, 3.05) is 7.11 Å². The van der Waals surface area contributed by atoms with Gasteiger partial charge in [-0.05, 0) is 37.6 Å². The molecule has 2 atom stereocenters. The van der Waals surface area contributed by atoms with E-state index in [1.165, 1.54) is 18.7 Å². The van der Waals surface area contributed by atoms with E-state index in [0.717, 1.165) is 4.47 Å². The minimum atomic E-state index is -0.252. The number of rotatable bonds is 5. The Bertz CT molecular complexity index is 600. The standard InChI is InChI=1S/C17H19BrFNO/c1-11(13-4-6-14(18)7-5-13)20-12(2)16-9-8-15(21-3)10-17(16)19/h4-12,20H,1-3H3/t11-,12?/m1/s1. The first-order chi connectivity index (χ1) is 10.0. The van der Waals surface area contributed by atoms with Crippen LogP contribution in [0, 0.1) is 5.82 Å². The van der Waals surface area contributed by atoms with Gasteiger partial charge in [-0.25, -0.2) is 4.39 Å². The van der Waals surface area contributed by atoms with E-state index in [2.05, 4.69) is 40.3 Å². The Labute approximate surface area is 133 Å². The highest BCUT2D eigenvalue weighted by atomic mass is 79.9. The molecule has 2 rings (SSSR count). The molecule has 2 nitrogen and oxygen atoms in total. The molecule has 0 saturated carbocycles. The summed E-state index contributed by atoms with van der Waals surface area (Å²) in [6, 6.07) is 13.1. The highest BCUT2D eigenvalue weighted by Crippen LogP contribution is 2.25. The van der Waals surface area contributed by atoms with Crippen LogP contribution in [0.3, 0.4) is 0 Å². The van der Waals surface area contributed by atoms with Crippen molar-refractivity contribution in [1.82, 2.24) is 5.32 Å². The zero-order chi connectivity index (χ0) is 15.4. The fourth-order valence-corrected chi connectivity index (χ4v) is 2.56. The van der Waals surface area contributed by atoms with E-state index in [4.69, 9.17) is 4.74 Å². The quantitative estimate of drug-likeness (QED) is 0.817. The Morgan fingerprint density at radius 1 is 1.05 bits per heavy atom. The van der Waals surface area contributed by atoms with Gasteiger partial charge in [-0.3, -0.25) is 0 Å². The fraction of sp³-hybridized carbons (Fsp3) is 0.294. The van der Waals surface area contributed by atoms with Crippen LogP contribution >= 0.6 is 15.9 Å². The zero-order valence-corrected chi connectivity index (χ0v) is 13.9. The van der Waals surface area contributed by atoms with Crippen LogP contribution in [-0.2, 0) is 0 Å². The summed E-state index contributed by atoms with van der Waals surface area (Å²) >= 11 is 3.42. The van der Waals surface area contributed by atoms with E-state index in [0.29, 0.717) is 11.3 Å². The maximum absolute atomic E-state index is 14.1. The molecule has 1 N–H and O–H groups in total. The van der Waals surface area contributed by atoms with Crippen LogP contribution in [0.25, 0.3) is 0 Å². The molecule has 0 amide bonds. The lowest BCUT2D eigenvalue weighted by Gasteiger charge is -2.21. The van der Waals surface area contributed by atoms with Gasteiger partial charge in [0.05, 0.1) is 7.11 Å². The third-order valence-corrected chi connectivity index (χ3v) is 4.07. The van der Waals surface area contributed by atoms with Gasteiger partial charge in [0.2, 0.25) is 0 Å². The molecule has 0 bridgehead atoms. The number of halogens is 2. The topological polar surface area (TPSA) is 21.3 Å². The maximum atomic E-state index is 14.1. The Kier molecular flexibility index (Phi) is 5.37. The van der Waals surface area contributed by atoms with E-state index < -0.39 is 0 Å². The van der Waals surface area contributed by atoms with E-state index in [1.54, 1.807) is 12.1 Å². The first-order valence-electron chi connectivity index (χ1n) is 6.86.